The Hall–Kier alpha value is -1.08. The van der Waals surface area contributed by atoms with E-state index >= 15 is 0 Å². The van der Waals surface area contributed by atoms with Gasteiger partial charge in [-0.3, -0.25) is 4.21 Å². The summed E-state index contributed by atoms with van der Waals surface area (Å²) in [5.74, 6) is 0.212. The third-order valence-corrected chi connectivity index (χ3v) is 3.60. The zero-order chi connectivity index (χ0) is 13.8. The number of nitrogens with two attached hydrogens (primary N) is 1. The SMILES string of the molecule is CCOCCS(=O)c1ccc(C(F)(F)F)cc1N. The van der Waals surface area contributed by atoms with Crippen molar-refractivity contribution < 1.29 is 22.1 Å². The Balaban J connectivity index is 2.82. The van der Waals surface area contributed by atoms with E-state index < -0.39 is 22.5 Å². The summed E-state index contributed by atoms with van der Waals surface area (Å²) in [4.78, 5) is 0.211. The lowest BCUT2D eigenvalue weighted by Gasteiger charge is -2.10. The van der Waals surface area contributed by atoms with Crippen molar-refractivity contribution in [3.63, 3.8) is 0 Å². The average Bonchev–Trinajstić information content (AvgIpc) is 2.27. The Morgan fingerprint density at radius 3 is 2.56 bits per heavy atom. The van der Waals surface area contributed by atoms with Crippen LogP contribution in [0.4, 0.5) is 18.9 Å². The van der Waals surface area contributed by atoms with Crippen LogP contribution in [0.15, 0.2) is 23.1 Å². The third kappa shape index (κ3) is 3.99. The summed E-state index contributed by atoms with van der Waals surface area (Å²) in [6.07, 6.45) is -4.44. The van der Waals surface area contributed by atoms with E-state index in [4.69, 9.17) is 10.5 Å². The molecule has 0 bridgehead atoms. The Morgan fingerprint density at radius 1 is 1.39 bits per heavy atom. The van der Waals surface area contributed by atoms with Crippen LogP contribution in [-0.2, 0) is 21.7 Å². The van der Waals surface area contributed by atoms with Gasteiger partial charge in [0, 0.05) is 12.3 Å². The number of ether oxygens (including phenoxy) is 1. The summed E-state index contributed by atoms with van der Waals surface area (Å²) in [5.41, 5.74) is 4.54. The van der Waals surface area contributed by atoms with Gasteiger partial charge in [-0.25, -0.2) is 0 Å². The maximum atomic E-state index is 12.4. The van der Waals surface area contributed by atoms with Crippen molar-refractivity contribution >= 4 is 16.5 Å². The minimum Gasteiger partial charge on any atom is -0.398 e. The normalized spacial score (nSPS) is 13.6. The highest BCUT2D eigenvalue weighted by molar-refractivity contribution is 7.85. The predicted molar refractivity (Wildman–Crippen MR) is 63.6 cm³/mol. The van der Waals surface area contributed by atoms with Crippen molar-refractivity contribution in [2.24, 2.45) is 0 Å². The molecule has 7 heteroatoms. The van der Waals surface area contributed by atoms with Crippen molar-refractivity contribution in [2.75, 3.05) is 24.7 Å². The van der Waals surface area contributed by atoms with Crippen molar-refractivity contribution in [1.82, 2.24) is 0 Å². The Labute approximate surface area is 106 Å². The fourth-order valence-corrected chi connectivity index (χ4v) is 2.35. The van der Waals surface area contributed by atoms with Crippen molar-refractivity contribution in [3.05, 3.63) is 23.8 Å². The number of hydrogen-bond acceptors (Lipinski definition) is 3. The molecule has 1 aromatic carbocycles. The first-order valence-electron chi connectivity index (χ1n) is 5.29. The molecular formula is C11H14F3NO2S. The van der Waals surface area contributed by atoms with E-state index in [0.29, 0.717) is 6.61 Å². The van der Waals surface area contributed by atoms with Crippen LogP contribution in [0.2, 0.25) is 0 Å². The van der Waals surface area contributed by atoms with E-state index in [-0.39, 0.29) is 22.9 Å². The first-order valence-corrected chi connectivity index (χ1v) is 6.61. The molecule has 0 saturated carbocycles. The first kappa shape index (κ1) is 15.0. The van der Waals surface area contributed by atoms with E-state index in [1.807, 2.05) is 0 Å². The first-order chi connectivity index (χ1) is 8.36. The van der Waals surface area contributed by atoms with Gasteiger partial charge in [0.15, 0.2) is 0 Å². The van der Waals surface area contributed by atoms with E-state index in [0.717, 1.165) is 18.2 Å². The second kappa shape index (κ2) is 6.19. The Kier molecular flexibility index (Phi) is 5.15. The molecule has 1 atom stereocenters. The summed E-state index contributed by atoms with van der Waals surface area (Å²) >= 11 is 0. The van der Waals surface area contributed by atoms with Gasteiger partial charge in [-0.15, -0.1) is 0 Å². The number of rotatable bonds is 5. The standard InChI is InChI=1S/C11H14F3NO2S/c1-2-17-5-6-18(16)10-4-3-8(7-9(10)15)11(12,13)14/h3-4,7H,2,5-6,15H2,1H3. The highest BCUT2D eigenvalue weighted by atomic mass is 32.2. The molecule has 0 fully saturated rings. The van der Waals surface area contributed by atoms with Gasteiger partial charge < -0.3 is 10.5 Å². The van der Waals surface area contributed by atoms with Gasteiger partial charge in [0.1, 0.15) is 0 Å². The van der Waals surface area contributed by atoms with E-state index in [1.165, 1.54) is 0 Å². The van der Waals surface area contributed by atoms with Crippen molar-refractivity contribution in [1.29, 1.82) is 0 Å². The van der Waals surface area contributed by atoms with Crippen LogP contribution in [0.25, 0.3) is 0 Å². The number of anilines is 1. The van der Waals surface area contributed by atoms with E-state index in [9.17, 15) is 17.4 Å². The van der Waals surface area contributed by atoms with Gasteiger partial charge in [0.2, 0.25) is 0 Å². The lowest BCUT2D eigenvalue weighted by atomic mass is 10.2. The van der Waals surface area contributed by atoms with Crippen LogP contribution < -0.4 is 5.73 Å². The summed E-state index contributed by atoms with van der Waals surface area (Å²) in [5, 5.41) is 0. The molecule has 18 heavy (non-hydrogen) atoms. The van der Waals surface area contributed by atoms with Gasteiger partial charge in [-0.05, 0) is 25.1 Å². The highest BCUT2D eigenvalue weighted by Crippen LogP contribution is 2.32. The molecule has 1 aromatic rings. The molecule has 0 aliphatic carbocycles. The molecule has 3 nitrogen and oxygen atoms in total. The summed E-state index contributed by atoms with van der Waals surface area (Å²) < 4.78 is 54.0. The maximum Gasteiger partial charge on any atom is 0.416 e. The lowest BCUT2D eigenvalue weighted by Crippen LogP contribution is -2.10. The van der Waals surface area contributed by atoms with Crippen LogP contribution in [0, 0.1) is 0 Å². The van der Waals surface area contributed by atoms with Gasteiger partial charge in [-0.2, -0.15) is 13.2 Å². The summed E-state index contributed by atoms with van der Waals surface area (Å²) in [6, 6.07) is 2.83. The molecule has 0 heterocycles. The number of benzene rings is 1. The maximum absolute atomic E-state index is 12.4. The topological polar surface area (TPSA) is 52.3 Å². The molecule has 0 aliphatic heterocycles. The van der Waals surface area contributed by atoms with Crippen LogP contribution >= 0.6 is 0 Å². The number of halogens is 3. The van der Waals surface area contributed by atoms with Crippen LogP contribution in [0.1, 0.15) is 12.5 Å². The largest absolute Gasteiger partial charge is 0.416 e. The summed E-state index contributed by atoms with van der Waals surface area (Å²) in [7, 11) is -1.45. The second-order valence-electron chi connectivity index (χ2n) is 3.50. The molecule has 1 rings (SSSR count). The Morgan fingerprint density at radius 2 is 2.06 bits per heavy atom. The predicted octanol–water partition coefficient (Wildman–Crippen LogP) is 2.43. The number of nitrogen functional groups attached to an aromatic ring is 1. The molecule has 1 unspecified atom stereocenters. The molecule has 0 saturated heterocycles. The smallest absolute Gasteiger partial charge is 0.398 e. The third-order valence-electron chi connectivity index (χ3n) is 2.20. The zero-order valence-corrected chi connectivity index (χ0v) is 10.6. The molecule has 2 N–H and O–H groups in total. The van der Waals surface area contributed by atoms with Gasteiger partial charge in [0.25, 0.3) is 0 Å². The van der Waals surface area contributed by atoms with Crippen LogP contribution in [-0.4, -0.2) is 23.2 Å². The summed E-state index contributed by atoms with van der Waals surface area (Å²) in [6.45, 7) is 2.58. The van der Waals surface area contributed by atoms with Crippen molar-refractivity contribution in [3.8, 4) is 0 Å². The van der Waals surface area contributed by atoms with E-state index in [1.54, 1.807) is 6.92 Å². The number of alkyl halides is 3. The molecule has 0 aromatic heterocycles. The fourth-order valence-electron chi connectivity index (χ4n) is 1.32. The monoisotopic (exact) mass is 281 g/mol. The van der Waals surface area contributed by atoms with E-state index in [2.05, 4.69) is 0 Å². The van der Waals surface area contributed by atoms with Gasteiger partial charge in [0.05, 0.1) is 33.6 Å². The lowest BCUT2D eigenvalue weighted by molar-refractivity contribution is -0.137. The van der Waals surface area contributed by atoms with Crippen LogP contribution in [0.5, 0.6) is 0 Å². The van der Waals surface area contributed by atoms with Gasteiger partial charge >= 0.3 is 6.18 Å². The minimum atomic E-state index is -4.44. The van der Waals surface area contributed by atoms with Crippen LogP contribution in [0.3, 0.4) is 0 Å². The molecule has 0 aliphatic rings. The van der Waals surface area contributed by atoms with Gasteiger partial charge in [-0.1, -0.05) is 0 Å². The molecule has 0 radical (unpaired) electrons. The highest BCUT2D eigenvalue weighted by Gasteiger charge is 2.31. The second-order valence-corrected chi connectivity index (χ2v) is 5.04. The van der Waals surface area contributed by atoms with Crippen molar-refractivity contribution in [2.45, 2.75) is 18.0 Å². The average molecular weight is 281 g/mol. The molecule has 102 valence electrons. The molecular weight excluding hydrogens is 267 g/mol. The quantitative estimate of drug-likeness (QED) is 0.666. The fraction of sp³-hybridized carbons (Fsp3) is 0.455. The molecule has 0 amide bonds. The number of hydrogen-bond donors (Lipinski definition) is 1. The minimum absolute atomic E-state index is 0.111. The Bertz CT molecular complexity index is 435. The molecule has 0 spiro atoms. The zero-order valence-electron chi connectivity index (χ0n) is 9.79.